The number of hydrogen-bond acceptors (Lipinski definition) is 2. The van der Waals surface area contributed by atoms with Crippen molar-refractivity contribution in [1.29, 1.82) is 0 Å². The summed E-state index contributed by atoms with van der Waals surface area (Å²) in [7, 11) is 0. The van der Waals surface area contributed by atoms with Crippen LogP contribution in [0.25, 0.3) is 0 Å². The number of rotatable bonds is 0. The third kappa shape index (κ3) is 0.886. The van der Waals surface area contributed by atoms with E-state index in [1.54, 1.807) is 0 Å². The molecule has 44 valence electrons. The van der Waals surface area contributed by atoms with Gasteiger partial charge in [0.15, 0.2) is 0 Å². The van der Waals surface area contributed by atoms with E-state index < -0.39 is 0 Å². The van der Waals surface area contributed by atoms with Gasteiger partial charge in [-0.25, -0.2) is 0 Å². The molecule has 0 aromatic heterocycles. The lowest BCUT2D eigenvalue weighted by Gasteiger charge is -1.86. The minimum Gasteiger partial charge on any atom is -0.361 e. The number of allylic oxidation sites excluding steroid dienone is 2. The zero-order valence-corrected chi connectivity index (χ0v) is 5.14. The summed E-state index contributed by atoms with van der Waals surface area (Å²) in [5.74, 6) is 0.961. The van der Waals surface area contributed by atoms with Crippen molar-refractivity contribution in [3.63, 3.8) is 0 Å². The van der Waals surface area contributed by atoms with Crippen LogP contribution in [0.3, 0.4) is 0 Å². The molecule has 0 unspecified atom stereocenters. The molecule has 2 heteroatoms. The van der Waals surface area contributed by atoms with Gasteiger partial charge < -0.3 is 4.84 Å². The Hall–Kier alpha value is -0.790. The van der Waals surface area contributed by atoms with Gasteiger partial charge in [-0.15, -0.1) is 0 Å². The van der Waals surface area contributed by atoms with E-state index in [1.807, 2.05) is 19.9 Å². The first-order chi connectivity index (χ1) is 3.83. The summed E-state index contributed by atoms with van der Waals surface area (Å²) in [6, 6.07) is 0. The van der Waals surface area contributed by atoms with Crippen molar-refractivity contribution >= 4 is 5.71 Å². The molecular formula is C6H9NO. The Balaban J connectivity index is 2.56. The molecule has 0 fully saturated rings. The molecule has 0 N–H and O–H groups in total. The predicted molar refractivity (Wildman–Crippen MR) is 32.6 cm³/mol. The van der Waals surface area contributed by atoms with Gasteiger partial charge in [-0.05, 0) is 19.9 Å². The second-order valence-corrected chi connectivity index (χ2v) is 1.85. The van der Waals surface area contributed by atoms with Crippen LogP contribution in [0.4, 0.5) is 0 Å². The van der Waals surface area contributed by atoms with Crippen molar-refractivity contribution in [2.24, 2.45) is 5.16 Å². The average Bonchev–Trinajstić information content (AvgIpc) is 2.14. The Kier molecular flexibility index (Phi) is 1.33. The molecule has 0 amide bonds. The number of nitrogens with zero attached hydrogens (tertiary/aromatic N) is 1. The van der Waals surface area contributed by atoms with Crippen LogP contribution in [0.15, 0.2) is 17.0 Å². The predicted octanol–water partition coefficient (Wildman–Crippen LogP) is 1.69. The van der Waals surface area contributed by atoms with E-state index in [4.69, 9.17) is 4.84 Å². The van der Waals surface area contributed by atoms with E-state index in [0.29, 0.717) is 0 Å². The molecule has 0 spiro atoms. The van der Waals surface area contributed by atoms with Gasteiger partial charge in [-0.1, -0.05) is 5.16 Å². The summed E-state index contributed by atoms with van der Waals surface area (Å²) in [6.07, 6.45) is 2.82. The van der Waals surface area contributed by atoms with Crippen molar-refractivity contribution in [2.45, 2.75) is 20.3 Å². The van der Waals surface area contributed by atoms with Crippen molar-refractivity contribution in [3.8, 4) is 0 Å². The van der Waals surface area contributed by atoms with Crippen LogP contribution in [0, 0.1) is 0 Å². The summed E-state index contributed by atoms with van der Waals surface area (Å²) in [5, 5.41) is 3.74. The van der Waals surface area contributed by atoms with Gasteiger partial charge in [0.1, 0.15) is 5.76 Å². The highest BCUT2D eigenvalue weighted by molar-refractivity contribution is 5.84. The molecule has 1 aliphatic heterocycles. The van der Waals surface area contributed by atoms with Gasteiger partial charge in [0, 0.05) is 6.42 Å². The fraction of sp³-hybridized carbons (Fsp3) is 0.500. The van der Waals surface area contributed by atoms with Gasteiger partial charge in [0.05, 0.1) is 5.71 Å². The molecule has 0 saturated heterocycles. The molecule has 0 atom stereocenters. The highest BCUT2D eigenvalue weighted by Crippen LogP contribution is 2.12. The van der Waals surface area contributed by atoms with Crippen LogP contribution in [0.2, 0.25) is 0 Å². The zero-order valence-electron chi connectivity index (χ0n) is 5.14. The minimum absolute atomic E-state index is 0.885. The Morgan fingerprint density at radius 2 is 2.50 bits per heavy atom. The average molecular weight is 111 g/mol. The molecule has 1 rings (SSSR count). The topological polar surface area (TPSA) is 21.6 Å². The summed E-state index contributed by atoms with van der Waals surface area (Å²) in [5.41, 5.74) is 1.05. The molecule has 8 heavy (non-hydrogen) atoms. The molecule has 1 aliphatic rings. The third-order valence-corrected chi connectivity index (χ3v) is 1.07. The summed E-state index contributed by atoms with van der Waals surface area (Å²) >= 11 is 0. The highest BCUT2D eigenvalue weighted by Gasteiger charge is 2.06. The lowest BCUT2D eigenvalue weighted by Crippen LogP contribution is -1.81. The van der Waals surface area contributed by atoms with Crippen LogP contribution < -0.4 is 0 Å². The van der Waals surface area contributed by atoms with Crippen molar-refractivity contribution in [1.82, 2.24) is 0 Å². The van der Waals surface area contributed by atoms with Crippen LogP contribution in [-0.2, 0) is 4.84 Å². The largest absolute Gasteiger partial charge is 0.361 e. The summed E-state index contributed by atoms with van der Waals surface area (Å²) in [4.78, 5) is 4.86. The first-order valence-electron chi connectivity index (χ1n) is 2.68. The monoisotopic (exact) mass is 111 g/mol. The molecule has 2 nitrogen and oxygen atoms in total. The quantitative estimate of drug-likeness (QED) is 0.466. The SMILES string of the molecule is C/C=C1/CC(C)=NO1. The van der Waals surface area contributed by atoms with E-state index in [0.717, 1.165) is 17.9 Å². The minimum atomic E-state index is 0.885. The van der Waals surface area contributed by atoms with Gasteiger partial charge >= 0.3 is 0 Å². The van der Waals surface area contributed by atoms with Crippen LogP contribution in [0.5, 0.6) is 0 Å². The van der Waals surface area contributed by atoms with E-state index in [1.165, 1.54) is 0 Å². The highest BCUT2D eigenvalue weighted by atomic mass is 16.6. The number of oxime groups is 1. The third-order valence-electron chi connectivity index (χ3n) is 1.07. The Morgan fingerprint density at radius 1 is 1.75 bits per heavy atom. The van der Waals surface area contributed by atoms with Crippen molar-refractivity contribution in [3.05, 3.63) is 11.8 Å². The second kappa shape index (κ2) is 1.99. The Morgan fingerprint density at radius 3 is 2.75 bits per heavy atom. The second-order valence-electron chi connectivity index (χ2n) is 1.85. The maximum Gasteiger partial charge on any atom is 0.136 e. The van der Waals surface area contributed by atoms with Crippen LogP contribution >= 0.6 is 0 Å². The van der Waals surface area contributed by atoms with Gasteiger partial charge in [-0.3, -0.25) is 0 Å². The van der Waals surface area contributed by atoms with E-state index in [-0.39, 0.29) is 0 Å². The van der Waals surface area contributed by atoms with E-state index >= 15 is 0 Å². The first-order valence-corrected chi connectivity index (χ1v) is 2.68. The van der Waals surface area contributed by atoms with Gasteiger partial charge in [0.2, 0.25) is 0 Å². The van der Waals surface area contributed by atoms with Gasteiger partial charge in [0.25, 0.3) is 0 Å². The number of hydrogen-bond donors (Lipinski definition) is 0. The van der Waals surface area contributed by atoms with Crippen molar-refractivity contribution < 1.29 is 4.84 Å². The Labute approximate surface area is 48.8 Å². The van der Waals surface area contributed by atoms with E-state index in [2.05, 4.69) is 5.16 Å². The first kappa shape index (κ1) is 5.35. The smallest absolute Gasteiger partial charge is 0.136 e. The Bertz CT molecular complexity index is 147. The fourth-order valence-electron chi connectivity index (χ4n) is 0.608. The lowest BCUT2D eigenvalue weighted by molar-refractivity contribution is 0.244. The van der Waals surface area contributed by atoms with Crippen LogP contribution in [-0.4, -0.2) is 5.71 Å². The van der Waals surface area contributed by atoms with E-state index in [9.17, 15) is 0 Å². The maximum atomic E-state index is 4.86. The molecule has 0 aromatic carbocycles. The van der Waals surface area contributed by atoms with Crippen molar-refractivity contribution in [2.75, 3.05) is 0 Å². The molecule has 0 bridgehead atoms. The maximum absolute atomic E-state index is 4.86. The standard InChI is InChI=1S/C6H9NO/c1-3-6-4-5(2)7-8-6/h3H,4H2,1-2H3/b6-3-. The normalized spacial score (nSPS) is 23.2. The van der Waals surface area contributed by atoms with Gasteiger partial charge in [-0.2, -0.15) is 0 Å². The molecule has 0 saturated carbocycles. The fourth-order valence-corrected chi connectivity index (χ4v) is 0.608. The molecule has 1 heterocycles. The lowest BCUT2D eigenvalue weighted by atomic mass is 10.3. The summed E-state index contributed by atoms with van der Waals surface area (Å²) in [6.45, 7) is 3.90. The van der Waals surface area contributed by atoms with Crippen LogP contribution in [0.1, 0.15) is 20.3 Å². The molecular weight excluding hydrogens is 102 g/mol. The molecule has 0 radical (unpaired) electrons. The molecule has 0 aromatic rings. The molecule has 0 aliphatic carbocycles. The summed E-state index contributed by atoms with van der Waals surface area (Å²) < 4.78 is 0. The zero-order chi connectivity index (χ0) is 5.98.